The zero-order valence-corrected chi connectivity index (χ0v) is 8.40. The molecule has 0 spiro atoms. The van der Waals surface area contributed by atoms with Crippen LogP contribution in [0.2, 0.25) is 0 Å². The average molecular weight is 209 g/mol. The molecule has 1 saturated heterocycles. The third-order valence-corrected chi connectivity index (χ3v) is 2.60. The summed E-state index contributed by atoms with van der Waals surface area (Å²) in [6.07, 6.45) is 0. The van der Waals surface area contributed by atoms with E-state index in [1.54, 1.807) is 4.90 Å². The summed E-state index contributed by atoms with van der Waals surface area (Å²) >= 11 is 0. The van der Waals surface area contributed by atoms with Crippen LogP contribution in [0.3, 0.4) is 0 Å². The summed E-state index contributed by atoms with van der Waals surface area (Å²) in [6.45, 7) is 3.50. The number of nitrogens with zero attached hydrogens (tertiary/aromatic N) is 1. The number of rotatable bonds is 2. The summed E-state index contributed by atoms with van der Waals surface area (Å²) < 4.78 is 13.5. The van der Waals surface area contributed by atoms with Crippen molar-refractivity contribution in [1.82, 2.24) is 0 Å². The Hall–Kier alpha value is -1.58. The Morgan fingerprint density at radius 2 is 2.20 bits per heavy atom. The van der Waals surface area contributed by atoms with E-state index < -0.39 is 11.8 Å². The van der Waals surface area contributed by atoms with Crippen LogP contribution >= 0.6 is 0 Å². The van der Waals surface area contributed by atoms with Crippen molar-refractivity contribution in [2.24, 2.45) is 5.92 Å². The standard InChI is InChI=1S/C11H12FNO2/c1-7-5-13(6-7)10-8(11(14)15)3-2-4-9(10)12/h2-4,7H,5-6H2,1H3,(H,14,15). The van der Waals surface area contributed by atoms with Crippen LogP contribution in [0.4, 0.5) is 10.1 Å². The van der Waals surface area contributed by atoms with Gasteiger partial charge in [0.25, 0.3) is 0 Å². The van der Waals surface area contributed by atoms with Gasteiger partial charge < -0.3 is 10.0 Å². The molecule has 0 aliphatic carbocycles. The lowest BCUT2D eigenvalue weighted by Crippen LogP contribution is -2.46. The number of para-hydroxylation sites is 1. The molecule has 1 heterocycles. The van der Waals surface area contributed by atoms with Crippen LogP contribution in [-0.4, -0.2) is 24.2 Å². The molecule has 0 unspecified atom stereocenters. The van der Waals surface area contributed by atoms with Crippen molar-refractivity contribution < 1.29 is 14.3 Å². The fraction of sp³-hybridized carbons (Fsp3) is 0.364. The minimum absolute atomic E-state index is 0.0434. The Bertz CT molecular complexity index is 400. The van der Waals surface area contributed by atoms with Gasteiger partial charge in [0.1, 0.15) is 5.82 Å². The highest BCUT2D eigenvalue weighted by Crippen LogP contribution is 2.30. The molecule has 1 aliphatic rings. The molecular weight excluding hydrogens is 197 g/mol. The smallest absolute Gasteiger partial charge is 0.337 e. The first-order chi connectivity index (χ1) is 7.09. The van der Waals surface area contributed by atoms with Crippen LogP contribution in [0.5, 0.6) is 0 Å². The number of hydrogen-bond acceptors (Lipinski definition) is 2. The third-order valence-electron chi connectivity index (χ3n) is 2.60. The summed E-state index contributed by atoms with van der Waals surface area (Å²) in [5.74, 6) is -1.03. The Balaban J connectivity index is 2.39. The van der Waals surface area contributed by atoms with E-state index in [0.717, 1.165) is 13.1 Å². The van der Waals surface area contributed by atoms with Crippen molar-refractivity contribution >= 4 is 11.7 Å². The molecule has 4 heteroatoms. The fourth-order valence-corrected chi connectivity index (χ4v) is 1.89. The second kappa shape index (κ2) is 3.53. The second-order valence-electron chi connectivity index (χ2n) is 3.95. The van der Waals surface area contributed by atoms with E-state index in [1.165, 1.54) is 18.2 Å². The molecule has 80 valence electrons. The van der Waals surface area contributed by atoms with Crippen LogP contribution in [-0.2, 0) is 0 Å². The molecule has 1 N–H and O–H groups in total. The molecule has 0 aromatic heterocycles. The van der Waals surface area contributed by atoms with Gasteiger partial charge >= 0.3 is 5.97 Å². The molecule has 1 fully saturated rings. The largest absolute Gasteiger partial charge is 0.478 e. The number of carboxylic acids is 1. The monoisotopic (exact) mass is 209 g/mol. The Kier molecular flexibility index (Phi) is 2.34. The van der Waals surface area contributed by atoms with Crippen molar-refractivity contribution in [2.75, 3.05) is 18.0 Å². The van der Waals surface area contributed by atoms with Crippen LogP contribution < -0.4 is 4.90 Å². The molecule has 3 nitrogen and oxygen atoms in total. The highest BCUT2D eigenvalue weighted by atomic mass is 19.1. The lowest BCUT2D eigenvalue weighted by molar-refractivity contribution is 0.0696. The lowest BCUT2D eigenvalue weighted by atomic mass is 10.00. The van der Waals surface area contributed by atoms with E-state index >= 15 is 0 Å². The van der Waals surface area contributed by atoms with E-state index in [0.29, 0.717) is 5.92 Å². The van der Waals surface area contributed by atoms with Gasteiger partial charge in [-0.3, -0.25) is 0 Å². The first-order valence-corrected chi connectivity index (χ1v) is 4.86. The molecule has 0 amide bonds. The Morgan fingerprint density at radius 1 is 1.53 bits per heavy atom. The lowest BCUT2D eigenvalue weighted by Gasteiger charge is -2.39. The number of halogens is 1. The van der Waals surface area contributed by atoms with Gasteiger partial charge in [0, 0.05) is 13.1 Å². The number of hydrogen-bond donors (Lipinski definition) is 1. The molecule has 1 aromatic carbocycles. The van der Waals surface area contributed by atoms with Crippen LogP contribution in [0, 0.1) is 11.7 Å². The summed E-state index contributed by atoms with van der Waals surface area (Å²) in [5.41, 5.74) is 0.269. The van der Waals surface area contributed by atoms with E-state index in [9.17, 15) is 9.18 Å². The van der Waals surface area contributed by atoms with Crippen molar-refractivity contribution in [3.05, 3.63) is 29.6 Å². The number of aromatic carboxylic acids is 1. The van der Waals surface area contributed by atoms with E-state index in [-0.39, 0.29) is 11.3 Å². The van der Waals surface area contributed by atoms with Crippen LogP contribution in [0.15, 0.2) is 18.2 Å². The predicted octanol–water partition coefficient (Wildman–Crippen LogP) is 1.98. The summed E-state index contributed by atoms with van der Waals surface area (Å²) in [7, 11) is 0. The van der Waals surface area contributed by atoms with Gasteiger partial charge in [0.15, 0.2) is 0 Å². The molecular formula is C11H12FNO2. The summed E-state index contributed by atoms with van der Waals surface area (Å²) in [6, 6.07) is 4.15. The van der Waals surface area contributed by atoms with E-state index in [4.69, 9.17) is 5.11 Å². The number of benzene rings is 1. The number of anilines is 1. The number of carboxylic acid groups (broad SMARTS) is 1. The maximum atomic E-state index is 13.5. The molecule has 2 rings (SSSR count). The highest BCUT2D eigenvalue weighted by Gasteiger charge is 2.28. The molecule has 0 bridgehead atoms. The van der Waals surface area contributed by atoms with Gasteiger partial charge in [0.05, 0.1) is 11.3 Å². The topological polar surface area (TPSA) is 40.5 Å². The minimum atomic E-state index is -1.08. The summed E-state index contributed by atoms with van der Waals surface area (Å²) in [4.78, 5) is 12.7. The first-order valence-electron chi connectivity index (χ1n) is 4.86. The van der Waals surface area contributed by atoms with Gasteiger partial charge in [-0.05, 0) is 18.1 Å². The SMILES string of the molecule is CC1CN(c2c(F)cccc2C(=O)O)C1. The first kappa shape index (κ1) is 9.96. The maximum Gasteiger partial charge on any atom is 0.337 e. The van der Waals surface area contributed by atoms with Crippen molar-refractivity contribution in [3.63, 3.8) is 0 Å². The second-order valence-corrected chi connectivity index (χ2v) is 3.95. The van der Waals surface area contributed by atoms with Crippen molar-refractivity contribution in [3.8, 4) is 0 Å². The molecule has 1 aliphatic heterocycles. The molecule has 0 atom stereocenters. The molecule has 0 radical (unpaired) electrons. The normalized spacial score (nSPS) is 16.3. The van der Waals surface area contributed by atoms with Crippen LogP contribution in [0.1, 0.15) is 17.3 Å². The molecule has 0 saturated carbocycles. The quantitative estimate of drug-likeness (QED) is 0.809. The Morgan fingerprint density at radius 3 is 2.73 bits per heavy atom. The molecule has 1 aromatic rings. The summed E-state index contributed by atoms with van der Waals surface area (Å²) in [5, 5.41) is 8.93. The van der Waals surface area contributed by atoms with Crippen molar-refractivity contribution in [1.29, 1.82) is 0 Å². The van der Waals surface area contributed by atoms with E-state index in [2.05, 4.69) is 6.92 Å². The van der Waals surface area contributed by atoms with Crippen molar-refractivity contribution in [2.45, 2.75) is 6.92 Å². The number of carbonyl (C=O) groups is 1. The van der Waals surface area contributed by atoms with Gasteiger partial charge in [-0.15, -0.1) is 0 Å². The van der Waals surface area contributed by atoms with Gasteiger partial charge in [0.2, 0.25) is 0 Å². The van der Waals surface area contributed by atoms with Gasteiger partial charge in [-0.25, -0.2) is 9.18 Å². The highest BCUT2D eigenvalue weighted by molar-refractivity contribution is 5.94. The zero-order valence-electron chi connectivity index (χ0n) is 8.40. The Labute approximate surface area is 87.1 Å². The zero-order chi connectivity index (χ0) is 11.0. The van der Waals surface area contributed by atoms with Gasteiger partial charge in [-0.2, -0.15) is 0 Å². The fourth-order valence-electron chi connectivity index (χ4n) is 1.89. The maximum absolute atomic E-state index is 13.5. The minimum Gasteiger partial charge on any atom is -0.478 e. The molecule has 15 heavy (non-hydrogen) atoms. The third kappa shape index (κ3) is 1.67. The average Bonchev–Trinajstić information content (AvgIpc) is 2.13. The predicted molar refractivity (Wildman–Crippen MR) is 54.7 cm³/mol. The van der Waals surface area contributed by atoms with Gasteiger partial charge in [-0.1, -0.05) is 13.0 Å². The van der Waals surface area contributed by atoms with Crippen LogP contribution in [0.25, 0.3) is 0 Å². The van der Waals surface area contributed by atoms with E-state index in [1.807, 2.05) is 0 Å².